The maximum atomic E-state index is 13.3. The molecule has 19 heavy (non-hydrogen) atoms. The van der Waals surface area contributed by atoms with Crippen LogP contribution in [0.1, 0.15) is 31.7 Å². The third kappa shape index (κ3) is 3.69. The van der Waals surface area contributed by atoms with Crippen molar-refractivity contribution >= 4 is 11.7 Å². The normalized spacial score (nSPS) is 16.6. The third-order valence-corrected chi connectivity index (χ3v) is 3.77. The number of aliphatic carboxylic acids is 1. The van der Waals surface area contributed by atoms with Gasteiger partial charge in [0, 0.05) is 25.2 Å². The number of carboxylic acid groups (broad SMARTS) is 1. The van der Waals surface area contributed by atoms with Gasteiger partial charge in [0.2, 0.25) is 0 Å². The first-order valence-electron chi connectivity index (χ1n) is 6.81. The van der Waals surface area contributed by atoms with Gasteiger partial charge in [-0.15, -0.1) is 0 Å². The fourth-order valence-corrected chi connectivity index (χ4v) is 2.55. The highest BCUT2D eigenvalue weighted by molar-refractivity contribution is 5.68. The molecule has 0 aliphatic carbocycles. The first-order chi connectivity index (χ1) is 9.06. The van der Waals surface area contributed by atoms with Gasteiger partial charge in [0.15, 0.2) is 0 Å². The molecule has 104 valence electrons. The Balaban J connectivity index is 2.16. The lowest BCUT2D eigenvalue weighted by Gasteiger charge is -2.33. The first kappa shape index (κ1) is 13.8. The summed E-state index contributed by atoms with van der Waals surface area (Å²) in [5.41, 5.74) is 1.80. The molecule has 1 aliphatic heterocycles. The van der Waals surface area contributed by atoms with E-state index in [9.17, 15) is 9.18 Å². The molecule has 1 aromatic rings. The number of hydrogen-bond donors (Lipinski definition) is 1. The van der Waals surface area contributed by atoms with Crippen molar-refractivity contribution in [3.63, 3.8) is 0 Å². The van der Waals surface area contributed by atoms with Gasteiger partial charge in [-0.2, -0.15) is 0 Å². The standard InChI is InChI=1S/C15H20FNO2/c1-11-6-8-17(9-7-11)14-4-3-13(16)10-12(14)2-5-15(18)19/h3-4,10-11H,2,5-9H2,1H3,(H,18,19). The number of aryl methyl sites for hydroxylation is 1. The van der Waals surface area contributed by atoms with E-state index in [1.807, 2.05) is 0 Å². The number of carbonyl (C=O) groups is 1. The van der Waals surface area contributed by atoms with Crippen molar-refractivity contribution in [3.8, 4) is 0 Å². The quantitative estimate of drug-likeness (QED) is 0.909. The zero-order valence-electron chi connectivity index (χ0n) is 11.2. The number of halogens is 1. The molecular formula is C15H20FNO2. The van der Waals surface area contributed by atoms with Gasteiger partial charge in [-0.25, -0.2) is 4.39 Å². The van der Waals surface area contributed by atoms with Gasteiger partial charge in [-0.3, -0.25) is 4.79 Å². The monoisotopic (exact) mass is 265 g/mol. The predicted molar refractivity (Wildman–Crippen MR) is 73.0 cm³/mol. The first-order valence-corrected chi connectivity index (χ1v) is 6.81. The van der Waals surface area contributed by atoms with Crippen LogP contribution in [0.2, 0.25) is 0 Å². The fraction of sp³-hybridized carbons (Fsp3) is 0.533. The largest absolute Gasteiger partial charge is 0.481 e. The van der Waals surface area contributed by atoms with Crippen LogP contribution in [0.25, 0.3) is 0 Å². The number of rotatable bonds is 4. The molecule has 0 atom stereocenters. The molecule has 1 saturated heterocycles. The van der Waals surface area contributed by atoms with Crippen molar-refractivity contribution in [1.82, 2.24) is 0 Å². The Morgan fingerprint density at radius 2 is 2.11 bits per heavy atom. The molecule has 3 nitrogen and oxygen atoms in total. The summed E-state index contributed by atoms with van der Waals surface area (Å²) in [5, 5.41) is 8.77. The molecular weight excluding hydrogens is 245 g/mol. The summed E-state index contributed by atoms with van der Waals surface area (Å²) in [5.74, 6) is -0.406. The Hall–Kier alpha value is -1.58. The summed E-state index contributed by atoms with van der Waals surface area (Å²) in [6.07, 6.45) is 2.70. The molecule has 1 heterocycles. The fourth-order valence-electron chi connectivity index (χ4n) is 2.55. The van der Waals surface area contributed by atoms with E-state index in [0.29, 0.717) is 6.42 Å². The van der Waals surface area contributed by atoms with Gasteiger partial charge in [0.1, 0.15) is 5.82 Å². The van der Waals surface area contributed by atoms with E-state index in [2.05, 4.69) is 11.8 Å². The van der Waals surface area contributed by atoms with Crippen LogP contribution < -0.4 is 4.90 Å². The third-order valence-electron chi connectivity index (χ3n) is 3.77. The molecule has 0 spiro atoms. The van der Waals surface area contributed by atoms with Crippen LogP contribution >= 0.6 is 0 Å². The molecule has 2 rings (SSSR count). The number of nitrogens with zero attached hydrogens (tertiary/aromatic N) is 1. The van der Waals surface area contributed by atoms with Crippen molar-refractivity contribution in [2.45, 2.75) is 32.6 Å². The van der Waals surface area contributed by atoms with Crippen LogP contribution in [0.5, 0.6) is 0 Å². The van der Waals surface area contributed by atoms with Crippen LogP contribution in [-0.4, -0.2) is 24.2 Å². The van der Waals surface area contributed by atoms with Gasteiger partial charge < -0.3 is 10.0 Å². The maximum Gasteiger partial charge on any atom is 0.303 e. The summed E-state index contributed by atoms with van der Waals surface area (Å²) >= 11 is 0. The van der Waals surface area contributed by atoms with Crippen molar-refractivity contribution in [2.24, 2.45) is 5.92 Å². The molecule has 0 saturated carbocycles. The topological polar surface area (TPSA) is 40.5 Å². The van der Waals surface area contributed by atoms with E-state index in [0.717, 1.165) is 43.1 Å². The molecule has 4 heteroatoms. The number of carboxylic acids is 1. The Bertz CT molecular complexity index is 453. The Morgan fingerprint density at radius 3 is 2.74 bits per heavy atom. The Labute approximate surface area is 113 Å². The van der Waals surface area contributed by atoms with E-state index >= 15 is 0 Å². The van der Waals surface area contributed by atoms with Crippen LogP contribution in [0.15, 0.2) is 18.2 Å². The van der Waals surface area contributed by atoms with E-state index in [4.69, 9.17) is 5.11 Å². The summed E-state index contributed by atoms with van der Waals surface area (Å²) in [6.45, 7) is 4.17. The average Bonchev–Trinajstić information content (AvgIpc) is 2.38. The van der Waals surface area contributed by atoms with Gasteiger partial charge in [0.25, 0.3) is 0 Å². The van der Waals surface area contributed by atoms with Crippen LogP contribution in [0, 0.1) is 11.7 Å². The van der Waals surface area contributed by atoms with Crippen LogP contribution in [-0.2, 0) is 11.2 Å². The predicted octanol–water partition coefficient (Wildman–Crippen LogP) is 3.08. The smallest absolute Gasteiger partial charge is 0.303 e. The lowest BCUT2D eigenvalue weighted by Crippen LogP contribution is -2.33. The van der Waals surface area contributed by atoms with Crippen molar-refractivity contribution in [1.29, 1.82) is 0 Å². The number of anilines is 1. The van der Waals surface area contributed by atoms with Crippen molar-refractivity contribution < 1.29 is 14.3 Å². The molecule has 1 aliphatic rings. The summed E-state index contributed by atoms with van der Waals surface area (Å²) in [7, 11) is 0. The second kappa shape index (κ2) is 6.04. The van der Waals surface area contributed by atoms with Crippen LogP contribution in [0.4, 0.5) is 10.1 Å². The maximum absolute atomic E-state index is 13.3. The lowest BCUT2D eigenvalue weighted by atomic mass is 9.97. The van der Waals surface area contributed by atoms with E-state index in [1.54, 1.807) is 6.07 Å². The minimum atomic E-state index is -0.845. The number of hydrogen-bond acceptors (Lipinski definition) is 2. The minimum absolute atomic E-state index is 0.0424. The molecule has 0 amide bonds. The highest BCUT2D eigenvalue weighted by Gasteiger charge is 2.18. The summed E-state index contributed by atoms with van der Waals surface area (Å²) < 4.78 is 13.3. The van der Waals surface area contributed by atoms with Gasteiger partial charge in [0.05, 0.1) is 0 Å². The minimum Gasteiger partial charge on any atom is -0.481 e. The van der Waals surface area contributed by atoms with Gasteiger partial charge in [-0.1, -0.05) is 6.92 Å². The zero-order valence-corrected chi connectivity index (χ0v) is 11.2. The van der Waals surface area contributed by atoms with E-state index in [1.165, 1.54) is 12.1 Å². The second-order valence-corrected chi connectivity index (χ2v) is 5.34. The van der Waals surface area contributed by atoms with Gasteiger partial charge in [-0.05, 0) is 48.9 Å². The Kier molecular flexibility index (Phi) is 4.40. The molecule has 0 unspecified atom stereocenters. The number of piperidine rings is 1. The molecule has 0 aromatic heterocycles. The molecule has 1 fully saturated rings. The summed E-state index contributed by atoms with van der Waals surface area (Å²) in [6, 6.07) is 4.70. The molecule has 0 bridgehead atoms. The average molecular weight is 265 g/mol. The molecule has 1 aromatic carbocycles. The molecule has 0 radical (unpaired) electrons. The highest BCUT2D eigenvalue weighted by atomic mass is 19.1. The molecule has 1 N–H and O–H groups in total. The highest BCUT2D eigenvalue weighted by Crippen LogP contribution is 2.27. The van der Waals surface area contributed by atoms with E-state index in [-0.39, 0.29) is 12.2 Å². The van der Waals surface area contributed by atoms with Crippen LogP contribution in [0.3, 0.4) is 0 Å². The van der Waals surface area contributed by atoms with Crippen molar-refractivity contribution in [2.75, 3.05) is 18.0 Å². The lowest BCUT2D eigenvalue weighted by molar-refractivity contribution is -0.136. The zero-order chi connectivity index (χ0) is 13.8. The Morgan fingerprint density at radius 1 is 1.42 bits per heavy atom. The SMILES string of the molecule is CC1CCN(c2ccc(F)cc2CCC(=O)O)CC1. The van der Waals surface area contributed by atoms with Gasteiger partial charge >= 0.3 is 5.97 Å². The van der Waals surface area contributed by atoms with E-state index < -0.39 is 5.97 Å². The number of benzene rings is 1. The van der Waals surface area contributed by atoms with Crippen molar-refractivity contribution in [3.05, 3.63) is 29.6 Å². The summed E-state index contributed by atoms with van der Waals surface area (Å²) in [4.78, 5) is 12.9. The second-order valence-electron chi connectivity index (χ2n) is 5.34.